The Hall–Kier alpha value is -0.890. The minimum atomic E-state index is -1.32. The lowest BCUT2D eigenvalue weighted by Gasteiger charge is -2.24. The Morgan fingerprint density at radius 1 is 1.36 bits per heavy atom. The van der Waals surface area contributed by atoms with Crippen molar-refractivity contribution in [1.29, 1.82) is 0 Å². The van der Waals surface area contributed by atoms with E-state index in [1.54, 1.807) is 13.8 Å². The number of hydrogen-bond donors (Lipinski definition) is 1. The summed E-state index contributed by atoms with van der Waals surface area (Å²) < 4.78 is 13.9. The molecule has 0 amide bonds. The molecular formula is C12H18FN. The predicted octanol–water partition coefficient (Wildman–Crippen LogP) is 2.61. The average molecular weight is 195 g/mol. The van der Waals surface area contributed by atoms with Crippen LogP contribution in [0.15, 0.2) is 24.3 Å². The van der Waals surface area contributed by atoms with Crippen LogP contribution in [0.4, 0.5) is 4.39 Å². The van der Waals surface area contributed by atoms with Gasteiger partial charge in [0.05, 0.1) is 0 Å². The lowest BCUT2D eigenvalue weighted by molar-refractivity contribution is 0.157. The standard InChI is InChI=1S/C12H18FN/c1-9-4-6-11(7-5-9)8-12(3,13)10(2)14/h4-7,10H,8,14H2,1-3H3. The number of benzene rings is 1. The molecule has 2 N–H and O–H groups in total. The van der Waals surface area contributed by atoms with Crippen LogP contribution in [0.2, 0.25) is 0 Å². The van der Waals surface area contributed by atoms with Crippen molar-refractivity contribution >= 4 is 0 Å². The molecule has 2 heteroatoms. The highest BCUT2D eigenvalue weighted by Gasteiger charge is 2.28. The molecule has 1 aromatic rings. The zero-order valence-corrected chi connectivity index (χ0v) is 9.05. The Morgan fingerprint density at radius 2 is 1.86 bits per heavy atom. The Morgan fingerprint density at radius 3 is 2.29 bits per heavy atom. The second-order valence-corrected chi connectivity index (χ2v) is 4.23. The van der Waals surface area contributed by atoms with E-state index in [4.69, 9.17) is 5.73 Å². The third-order valence-electron chi connectivity index (χ3n) is 2.62. The van der Waals surface area contributed by atoms with Crippen LogP contribution in [0, 0.1) is 6.92 Å². The van der Waals surface area contributed by atoms with Gasteiger partial charge < -0.3 is 5.73 Å². The Kier molecular flexibility index (Phi) is 3.27. The van der Waals surface area contributed by atoms with Crippen molar-refractivity contribution in [2.24, 2.45) is 5.73 Å². The lowest BCUT2D eigenvalue weighted by Crippen LogP contribution is -2.41. The maximum absolute atomic E-state index is 13.9. The van der Waals surface area contributed by atoms with Crippen LogP contribution >= 0.6 is 0 Å². The van der Waals surface area contributed by atoms with Crippen LogP contribution < -0.4 is 5.73 Å². The van der Waals surface area contributed by atoms with Crippen molar-refractivity contribution in [2.75, 3.05) is 0 Å². The number of aryl methyl sites for hydroxylation is 1. The summed E-state index contributed by atoms with van der Waals surface area (Å²) in [6.45, 7) is 5.27. The van der Waals surface area contributed by atoms with Crippen LogP contribution in [0.25, 0.3) is 0 Å². The number of nitrogens with two attached hydrogens (primary N) is 1. The van der Waals surface area contributed by atoms with Gasteiger partial charge in [0.15, 0.2) is 0 Å². The highest BCUT2D eigenvalue weighted by Crippen LogP contribution is 2.20. The second-order valence-electron chi connectivity index (χ2n) is 4.23. The van der Waals surface area contributed by atoms with Gasteiger partial charge in [-0.25, -0.2) is 4.39 Å². The largest absolute Gasteiger partial charge is 0.325 e. The quantitative estimate of drug-likeness (QED) is 0.788. The third-order valence-corrected chi connectivity index (χ3v) is 2.62. The van der Waals surface area contributed by atoms with Gasteiger partial charge >= 0.3 is 0 Å². The minimum absolute atomic E-state index is 0.380. The van der Waals surface area contributed by atoms with Crippen LogP contribution in [-0.4, -0.2) is 11.7 Å². The highest BCUT2D eigenvalue weighted by molar-refractivity contribution is 5.23. The molecule has 1 nitrogen and oxygen atoms in total. The fourth-order valence-electron chi connectivity index (χ4n) is 1.27. The highest BCUT2D eigenvalue weighted by atomic mass is 19.1. The van der Waals surface area contributed by atoms with Gasteiger partial charge in [-0.3, -0.25) is 0 Å². The van der Waals surface area contributed by atoms with Gasteiger partial charge in [0.2, 0.25) is 0 Å². The molecule has 0 aliphatic rings. The van der Waals surface area contributed by atoms with Crippen molar-refractivity contribution in [2.45, 2.75) is 38.9 Å². The minimum Gasteiger partial charge on any atom is -0.325 e. The number of rotatable bonds is 3. The molecule has 0 bridgehead atoms. The van der Waals surface area contributed by atoms with E-state index in [0.717, 1.165) is 5.56 Å². The molecule has 0 aromatic heterocycles. The van der Waals surface area contributed by atoms with E-state index in [9.17, 15) is 4.39 Å². The molecule has 0 spiro atoms. The first-order valence-corrected chi connectivity index (χ1v) is 4.92. The molecule has 1 aromatic carbocycles. The summed E-state index contributed by atoms with van der Waals surface area (Å²) in [7, 11) is 0. The van der Waals surface area contributed by atoms with Crippen molar-refractivity contribution in [1.82, 2.24) is 0 Å². The SMILES string of the molecule is Cc1ccc(CC(C)(F)C(C)N)cc1. The van der Waals surface area contributed by atoms with Crippen molar-refractivity contribution < 1.29 is 4.39 Å². The van der Waals surface area contributed by atoms with Crippen LogP contribution in [0.1, 0.15) is 25.0 Å². The van der Waals surface area contributed by atoms with Crippen LogP contribution in [-0.2, 0) is 6.42 Å². The van der Waals surface area contributed by atoms with Crippen molar-refractivity contribution in [3.05, 3.63) is 35.4 Å². The molecule has 0 heterocycles. The first-order valence-electron chi connectivity index (χ1n) is 4.92. The summed E-state index contributed by atoms with van der Waals surface area (Å²) in [6.07, 6.45) is 0.380. The molecule has 2 atom stereocenters. The summed E-state index contributed by atoms with van der Waals surface area (Å²) in [4.78, 5) is 0. The number of hydrogen-bond acceptors (Lipinski definition) is 1. The van der Waals surface area contributed by atoms with Gasteiger partial charge in [0.1, 0.15) is 5.67 Å². The first-order chi connectivity index (χ1) is 6.42. The molecule has 0 aliphatic carbocycles. The molecule has 78 valence electrons. The molecule has 2 unspecified atom stereocenters. The zero-order valence-electron chi connectivity index (χ0n) is 9.05. The van der Waals surface area contributed by atoms with E-state index in [2.05, 4.69) is 0 Å². The number of halogens is 1. The van der Waals surface area contributed by atoms with Gasteiger partial charge in [0.25, 0.3) is 0 Å². The molecule has 0 saturated heterocycles. The molecule has 0 radical (unpaired) electrons. The summed E-state index contributed by atoms with van der Waals surface area (Å²) in [5.74, 6) is 0. The van der Waals surface area contributed by atoms with E-state index < -0.39 is 11.7 Å². The first kappa shape index (κ1) is 11.2. The normalized spacial score (nSPS) is 17.5. The smallest absolute Gasteiger partial charge is 0.127 e. The molecule has 0 fully saturated rings. The molecular weight excluding hydrogens is 177 g/mol. The molecule has 1 rings (SSSR count). The fourth-order valence-corrected chi connectivity index (χ4v) is 1.27. The van der Waals surface area contributed by atoms with Gasteiger partial charge in [-0.2, -0.15) is 0 Å². The Bertz CT molecular complexity index is 288. The van der Waals surface area contributed by atoms with E-state index in [1.807, 2.05) is 31.2 Å². The van der Waals surface area contributed by atoms with Crippen molar-refractivity contribution in [3.63, 3.8) is 0 Å². The summed E-state index contributed by atoms with van der Waals surface area (Å²) in [6, 6.07) is 7.45. The van der Waals surface area contributed by atoms with E-state index in [-0.39, 0.29) is 0 Å². The second kappa shape index (κ2) is 4.09. The predicted molar refractivity (Wildman–Crippen MR) is 58.0 cm³/mol. The number of alkyl halides is 1. The summed E-state index contributed by atoms with van der Waals surface area (Å²) in [5.41, 5.74) is 6.44. The van der Waals surface area contributed by atoms with Crippen LogP contribution in [0.5, 0.6) is 0 Å². The molecule has 0 aliphatic heterocycles. The fraction of sp³-hybridized carbons (Fsp3) is 0.500. The maximum Gasteiger partial charge on any atom is 0.127 e. The Labute approximate surface area is 85.1 Å². The summed E-state index contributed by atoms with van der Waals surface area (Å²) in [5, 5.41) is 0. The van der Waals surface area contributed by atoms with E-state index in [1.165, 1.54) is 5.56 Å². The van der Waals surface area contributed by atoms with E-state index >= 15 is 0 Å². The van der Waals surface area contributed by atoms with Gasteiger partial charge in [-0.1, -0.05) is 29.8 Å². The van der Waals surface area contributed by atoms with Crippen LogP contribution in [0.3, 0.4) is 0 Å². The lowest BCUT2D eigenvalue weighted by atomic mass is 9.92. The van der Waals surface area contributed by atoms with Crippen molar-refractivity contribution in [3.8, 4) is 0 Å². The molecule has 14 heavy (non-hydrogen) atoms. The zero-order chi connectivity index (χ0) is 10.8. The third kappa shape index (κ3) is 2.81. The van der Waals surface area contributed by atoms with E-state index in [0.29, 0.717) is 6.42 Å². The topological polar surface area (TPSA) is 26.0 Å². The van der Waals surface area contributed by atoms with Gasteiger partial charge in [-0.05, 0) is 26.3 Å². The molecule has 0 saturated carbocycles. The maximum atomic E-state index is 13.9. The Balaban J connectivity index is 2.74. The monoisotopic (exact) mass is 195 g/mol. The van der Waals surface area contributed by atoms with Gasteiger partial charge in [-0.15, -0.1) is 0 Å². The van der Waals surface area contributed by atoms with Gasteiger partial charge in [0, 0.05) is 12.5 Å². The summed E-state index contributed by atoms with van der Waals surface area (Å²) >= 11 is 0. The average Bonchev–Trinajstić information content (AvgIpc) is 2.08.